The van der Waals surface area contributed by atoms with Gasteiger partial charge in [-0.3, -0.25) is 9.62 Å². The van der Waals surface area contributed by atoms with E-state index in [2.05, 4.69) is 9.62 Å². The van der Waals surface area contributed by atoms with Crippen LogP contribution in [0.2, 0.25) is 0 Å². The van der Waals surface area contributed by atoms with Gasteiger partial charge in [-0.1, -0.05) is 24.3 Å². The maximum Gasteiger partial charge on any atom is 0.340 e. The number of carbonyl (C=O) groups excluding carboxylic acids is 1. The fourth-order valence-corrected chi connectivity index (χ4v) is 12.8. The fraction of sp³-hybridized carbons (Fsp3) is 0.618. The number of sulfonamides is 1. The first-order valence-electron chi connectivity index (χ1n) is 16.3. The second kappa shape index (κ2) is 10.2. The van der Waals surface area contributed by atoms with Crippen molar-refractivity contribution < 1.29 is 46.8 Å². The number of hydrogen-bond acceptors (Lipinski definition) is 10. The highest BCUT2D eigenvalue weighted by Crippen LogP contribution is 2.77. The Balaban J connectivity index is 1.19. The molecule has 11 nitrogen and oxygen atoms in total. The number of para-hydroxylation sites is 1. The zero-order chi connectivity index (χ0) is 33.3. The molecule has 2 aromatic rings. The summed E-state index contributed by atoms with van der Waals surface area (Å²) in [6, 6.07) is 10.3. The normalized spacial score (nSPS) is 45.6. The van der Waals surface area contributed by atoms with Crippen LogP contribution in [0.5, 0.6) is 0 Å². The van der Waals surface area contributed by atoms with E-state index in [9.17, 15) is 27.8 Å². The molecule has 8 rings (SSSR count). The lowest BCUT2D eigenvalue weighted by atomic mass is 9.56. The van der Waals surface area contributed by atoms with Crippen molar-refractivity contribution in [3.63, 3.8) is 0 Å². The average molecular weight is 673 g/mol. The molecule has 13 heteroatoms. The van der Waals surface area contributed by atoms with E-state index >= 15 is 0 Å². The number of ether oxygens (including phenoxy) is 4. The van der Waals surface area contributed by atoms with Gasteiger partial charge in [0.2, 0.25) is 0 Å². The van der Waals surface area contributed by atoms with E-state index < -0.39 is 67.1 Å². The molecule has 47 heavy (non-hydrogen) atoms. The van der Waals surface area contributed by atoms with E-state index in [0.717, 1.165) is 12.1 Å². The number of carbonyl (C=O) groups is 1. The molecule has 6 aliphatic rings. The monoisotopic (exact) mass is 672 g/mol. The number of piperidine rings is 2. The van der Waals surface area contributed by atoms with Gasteiger partial charge in [-0.05, 0) is 56.9 Å². The summed E-state index contributed by atoms with van der Waals surface area (Å²) < 4.78 is 68.0. The number of esters is 1. The van der Waals surface area contributed by atoms with E-state index in [0.29, 0.717) is 25.7 Å². The second-order valence-corrected chi connectivity index (χ2v) is 16.0. The van der Waals surface area contributed by atoms with E-state index in [1.165, 1.54) is 24.3 Å². The first-order valence-corrected chi connectivity index (χ1v) is 17.8. The SMILES string of the molecule is COC1C[C@]2(O)C3CC4C5(C6CC1[C@H](OC)[C@@]62O)[C@@H](OC)CC[C@@]4(OC(=O)c1ccccc1NS(=O)(=O)c1ccccc1F)[C@H](C)N35. The lowest BCUT2D eigenvalue weighted by molar-refractivity contribution is -0.314. The van der Waals surface area contributed by atoms with Gasteiger partial charge in [-0.25, -0.2) is 17.6 Å². The number of benzene rings is 2. The van der Waals surface area contributed by atoms with Crippen molar-refractivity contribution in [2.45, 2.75) is 96.7 Å². The van der Waals surface area contributed by atoms with Crippen LogP contribution in [0.4, 0.5) is 10.1 Å². The lowest BCUT2D eigenvalue weighted by Crippen LogP contribution is -2.82. The molecular weight excluding hydrogens is 631 g/mol. The number of fused-ring (bicyclic) bond motifs is 2. The van der Waals surface area contributed by atoms with Crippen LogP contribution < -0.4 is 4.72 Å². The van der Waals surface area contributed by atoms with Crippen molar-refractivity contribution in [2.75, 3.05) is 26.1 Å². The Morgan fingerprint density at radius 3 is 2.43 bits per heavy atom. The molecule has 3 N–H and O–H groups in total. The van der Waals surface area contributed by atoms with E-state index in [4.69, 9.17) is 18.9 Å². The van der Waals surface area contributed by atoms with Crippen LogP contribution in [0.25, 0.3) is 0 Å². The smallest absolute Gasteiger partial charge is 0.340 e. The molecule has 0 amide bonds. The molecule has 0 aromatic heterocycles. The largest absolute Gasteiger partial charge is 0.453 e. The van der Waals surface area contributed by atoms with Gasteiger partial charge >= 0.3 is 5.97 Å². The summed E-state index contributed by atoms with van der Waals surface area (Å²) in [6.07, 6.45) is 1.07. The van der Waals surface area contributed by atoms with Gasteiger partial charge in [-0.2, -0.15) is 0 Å². The Hall–Kier alpha value is -2.65. The molecule has 254 valence electrons. The Labute approximate surface area is 273 Å². The van der Waals surface area contributed by atoms with Crippen LogP contribution in [0.3, 0.4) is 0 Å². The van der Waals surface area contributed by atoms with Gasteiger partial charge in [0, 0.05) is 57.6 Å². The second-order valence-electron chi connectivity index (χ2n) is 14.3. The minimum Gasteiger partial charge on any atom is -0.453 e. The number of halogens is 1. The predicted molar refractivity (Wildman–Crippen MR) is 165 cm³/mol. The Bertz CT molecular complexity index is 1750. The summed E-state index contributed by atoms with van der Waals surface area (Å²) in [7, 11) is 0.512. The third-order valence-electron chi connectivity index (χ3n) is 13.1. The number of aliphatic hydroxyl groups is 2. The first kappa shape index (κ1) is 31.6. The van der Waals surface area contributed by atoms with Gasteiger partial charge in [0.05, 0.1) is 35.1 Å². The third-order valence-corrected chi connectivity index (χ3v) is 14.5. The number of anilines is 1. The summed E-state index contributed by atoms with van der Waals surface area (Å²) in [5, 5.41) is 25.4. The van der Waals surface area contributed by atoms with E-state index in [1.54, 1.807) is 33.5 Å². The standard InChI is InChI=1S/C34H41FN2O9S/c1-18-31(46-30(38)19-9-5-7-11-22(19)36-47(41,42)24-12-8-6-10-21(24)35)14-13-28(44-3)33-25(31)16-27(37(18)33)32(39)17-23(43-2)20-15-26(33)34(32,40)29(20)45-4/h5-12,18,20,23,25-29,36,39-40H,13-17H2,1-4H3/t18-,20?,23?,25?,26?,27?,28-,29-,31+,32-,33?,34-/m0/s1. The number of rotatable bonds is 8. The van der Waals surface area contributed by atoms with Gasteiger partial charge in [0.25, 0.3) is 10.0 Å². The van der Waals surface area contributed by atoms with Crippen LogP contribution in [0.15, 0.2) is 53.4 Å². The predicted octanol–water partition coefficient (Wildman–Crippen LogP) is 2.71. The highest BCUT2D eigenvalue weighted by molar-refractivity contribution is 7.92. The Morgan fingerprint density at radius 2 is 1.72 bits per heavy atom. The molecule has 3 saturated carbocycles. The van der Waals surface area contributed by atoms with Crippen LogP contribution in [0.1, 0.15) is 49.4 Å². The summed E-state index contributed by atoms with van der Waals surface area (Å²) >= 11 is 0. The van der Waals surface area contributed by atoms with Gasteiger partial charge in [0.15, 0.2) is 0 Å². The molecule has 2 aromatic carbocycles. The maximum absolute atomic E-state index is 14.5. The van der Waals surface area contributed by atoms with Crippen LogP contribution in [-0.4, -0.2) is 104 Å². The van der Waals surface area contributed by atoms with Crippen molar-refractivity contribution in [3.05, 3.63) is 59.9 Å². The molecule has 7 bridgehead atoms. The minimum atomic E-state index is -4.37. The van der Waals surface area contributed by atoms with Crippen LogP contribution in [0, 0.1) is 23.6 Å². The summed E-state index contributed by atoms with van der Waals surface area (Å²) in [4.78, 5) is 16.0. The maximum atomic E-state index is 14.5. The quantitative estimate of drug-likeness (QED) is 0.358. The van der Waals surface area contributed by atoms with Gasteiger partial charge < -0.3 is 29.2 Å². The highest BCUT2D eigenvalue weighted by Gasteiger charge is 2.91. The molecule has 13 atom stereocenters. The molecule has 3 saturated heterocycles. The summed E-state index contributed by atoms with van der Waals surface area (Å²) in [5.41, 5.74) is -4.89. The summed E-state index contributed by atoms with van der Waals surface area (Å²) in [6.45, 7) is 2.01. The molecule has 3 heterocycles. The third kappa shape index (κ3) is 3.61. The van der Waals surface area contributed by atoms with Crippen molar-refractivity contribution in [3.8, 4) is 0 Å². The number of methoxy groups -OCH3 is 3. The van der Waals surface area contributed by atoms with Crippen molar-refractivity contribution in [1.29, 1.82) is 0 Å². The minimum absolute atomic E-state index is 0.00455. The lowest BCUT2D eigenvalue weighted by Gasteiger charge is -2.64. The van der Waals surface area contributed by atoms with Gasteiger partial charge in [0.1, 0.15) is 27.5 Å². The zero-order valence-electron chi connectivity index (χ0n) is 26.8. The van der Waals surface area contributed by atoms with Crippen LogP contribution >= 0.6 is 0 Å². The molecule has 3 aliphatic carbocycles. The molecule has 6 fully saturated rings. The molecular formula is C34H41FN2O9S. The van der Waals surface area contributed by atoms with Crippen molar-refractivity contribution >= 4 is 21.7 Å². The van der Waals surface area contributed by atoms with Crippen molar-refractivity contribution in [2.24, 2.45) is 17.8 Å². The van der Waals surface area contributed by atoms with Gasteiger partial charge in [-0.15, -0.1) is 0 Å². The number of nitrogens with zero attached hydrogens (tertiary/aromatic N) is 1. The first-order chi connectivity index (χ1) is 22.4. The Kier molecular flexibility index (Phi) is 6.85. The number of hydrogen-bond donors (Lipinski definition) is 3. The molecule has 3 aliphatic heterocycles. The molecule has 7 unspecified atom stereocenters. The summed E-state index contributed by atoms with van der Waals surface area (Å²) in [5.74, 6) is -2.51. The highest BCUT2D eigenvalue weighted by atomic mass is 32.2. The topological polar surface area (TPSA) is 144 Å². The van der Waals surface area contributed by atoms with Crippen molar-refractivity contribution in [1.82, 2.24) is 4.90 Å². The molecule has 0 radical (unpaired) electrons. The zero-order valence-corrected chi connectivity index (χ0v) is 27.6. The number of nitrogens with one attached hydrogen (secondary N) is 1. The molecule has 1 spiro atoms. The Morgan fingerprint density at radius 1 is 1.00 bits per heavy atom. The fourth-order valence-electron chi connectivity index (χ4n) is 11.7. The van der Waals surface area contributed by atoms with E-state index in [1.807, 2.05) is 6.92 Å². The average Bonchev–Trinajstić information content (AvgIpc) is 3.57. The van der Waals surface area contributed by atoms with Crippen LogP contribution in [-0.2, 0) is 29.0 Å². The van der Waals surface area contributed by atoms with E-state index in [-0.39, 0.29) is 47.8 Å².